The van der Waals surface area contributed by atoms with Gasteiger partial charge in [0.25, 0.3) is 6.43 Å². The van der Waals surface area contributed by atoms with E-state index in [4.69, 9.17) is 5.11 Å². The van der Waals surface area contributed by atoms with E-state index in [-0.39, 0.29) is 18.0 Å². The molecule has 0 aromatic rings. The molecule has 1 rings (SSSR count). The minimum Gasteiger partial charge on any atom is -0.386 e. The first-order valence-corrected chi connectivity index (χ1v) is 5.13. The molecule has 0 radical (unpaired) electrons. The summed E-state index contributed by atoms with van der Waals surface area (Å²) in [5.41, 5.74) is 0.168. The number of nitrogens with one attached hydrogen (secondary N) is 1. The summed E-state index contributed by atoms with van der Waals surface area (Å²) in [5.74, 6) is 0. The van der Waals surface area contributed by atoms with Crippen LogP contribution < -0.4 is 5.32 Å². The van der Waals surface area contributed by atoms with E-state index in [0.29, 0.717) is 0 Å². The molecule has 1 fully saturated rings. The normalized spacial score (nSPS) is 28.3. The molecule has 2 N–H and O–H groups in total. The van der Waals surface area contributed by atoms with E-state index in [1.165, 1.54) is 0 Å². The third-order valence-corrected chi connectivity index (χ3v) is 3.12. The quantitative estimate of drug-likeness (QED) is 0.736. The van der Waals surface area contributed by atoms with Crippen molar-refractivity contribution in [3.05, 3.63) is 0 Å². The molecule has 4 heteroatoms. The number of halogens is 2. The van der Waals surface area contributed by atoms with Gasteiger partial charge in [-0.15, -0.1) is 0 Å². The third kappa shape index (κ3) is 2.89. The van der Waals surface area contributed by atoms with E-state index in [2.05, 4.69) is 19.2 Å². The zero-order valence-corrected chi connectivity index (χ0v) is 8.76. The fourth-order valence-corrected chi connectivity index (χ4v) is 2.06. The van der Waals surface area contributed by atoms with Crippen LogP contribution in [0.2, 0.25) is 0 Å². The fourth-order valence-electron chi connectivity index (χ4n) is 2.06. The highest BCUT2D eigenvalue weighted by Gasteiger charge is 2.34. The molecule has 2 atom stereocenters. The second-order valence-corrected chi connectivity index (χ2v) is 4.74. The molecule has 0 saturated heterocycles. The molecule has 14 heavy (non-hydrogen) atoms. The Morgan fingerprint density at radius 3 is 2.57 bits per heavy atom. The van der Waals surface area contributed by atoms with Crippen molar-refractivity contribution in [1.82, 2.24) is 5.32 Å². The van der Waals surface area contributed by atoms with Crippen LogP contribution in [0.3, 0.4) is 0 Å². The highest BCUT2D eigenvalue weighted by molar-refractivity contribution is 4.90. The Morgan fingerprint density at radius 1 is 1.50 bits per heavy atom. The van der Waals surface area contributed by atoms with E-state index in [1.54, 1.807) is 0 Å². The molecule has 1 aliphatic carbocycles. The van der Waals surface area contributed by atoms with Gasteiger partial charge in [-0.2, -0.15) is 0 Å². The maximum Gasteiger partial charge on any atom is 0.265 e. The molecule has 0 aromatic heterocycles. The molecular formula is C10H19F2NO. The fraction of sp³-hybridized carbons (Fsp3) is 1.00. The van der Waals surface area contributed by atoms with Crippen molar-refractivity contribution >= 4 is 0 Å². The van der Waals surface area contributed by atoms with Gasteiger partial charge in [0.15, 0.2) is 0 Å². The monoisotopic (exact) mass is 207 g/mol. The summed E-state index contributed by atoms with van der Waals surface area (Å²) >= 11 is 0. The van der Waals surface area contributed by atoms with Crippen molar-refractivity contribution in [2.45, 2.75) is 51.7 Å². The Kier molecular flexibility index (Phi) is 3.84. The van der Waals surface area contributed by atoms with Crippen LogP contribution in [0.25, 0.3) is 0 Å². The average Bonchev–Trinajstić information content (AvgIpc) is 2.40. The molecule has 0 amide bonds. The van der Waals surface area contributed by atoms with Gasteiger partial charge in [0, 0.05) is 12.6 Å². The largest absolute Gasteiger partial charge is 0.386 e. The van der Waals surface area contributed by atoms with Crippen LogP contribution in [-0.2, 0) is 0 Å². The van der Waals surface area contributed by atoms with Crippen molar-refractivity contribution in [1.29, 1.82) is 0 Å². The number of hydrogen-bond acceptors (Lipinski definition) is 2. The molecular weight excluding hydrogens is 188 g/mol. The van der Waals surface area contributed by atoms with E-state index in [1.807, 2.05) is 0 Å². The van der Waals surface area contributed by atoms with Gasteiger partial charge < -0.3 is 10.4 Å². The van der Waals surface area contributed by atoms with Crippen LogP contribution in [0.5, 0.6) is 0 Å². The molecule has 0 aromatic carbocycles. The maximum absolute atomic E-state index is 12.0. The summed E-state index contributed by atoms with van der Waals surface area (Å²) in [4.78, 5) is 0. The van der Waals surface area contributed by atoms with Gasteiger partial charge in [-0.25, -0.2) is 8.78 Å². The van der Waals surface area contributed by atoms with Gasteiger partial charge in [-0.1, -0.05) is 20.3 Å². The zero-order valence-electron chi connectivity index (χ0n) is 8.76. The Bertz CT molecular complexity index is 185. The Hall–Kier alpha value is -0.220. The van der Waals surface area contributed by atoms with Crippen molar-refractivity contribution in [3.8, 4) is 0 Å². The van der Waals surface area contributed by atoms with Gasteiger partial charge in [0.05, 0.1) is 0 Å². The van der Waals surface area contributed by atoms with Crippen LogP contribution in [0.4, 0.5) is 8.78 Å². The maximum atomic E-state index is 12.0. The summed E-state index contributed by atoms with van der Waals surface area (Å²) in [6.45, 7) is 4.25. The van der Waals surface area contributed by atoms with E-state index >= 15 is 0 Å². The second-order valence-electron chi connectivity index (χ2n) is 4.74. The van der Waals surface area contributed by atoms with Crippen molar-refractivity contribution in [2.24, 2.45) is 5.41 Å². The van der Waals surface area contributed by atoms with Crippen LogP contribution in [0.15, 0.2) is 0 Å². The Morgan fingerprint density at radius 2 is 2.14 bits per heavy atom. The van der Waals surface area contributed by atoms with Gasteiger partial charge in [-0.3, -0.25) is 0 Å². The van der Waals surface area contributed by atoms with Crippen molar-refractivity contribution in [2.75, 3.05) is 6.54 Å². The van der Waals surface area contributed by atoms with Crippen LogP contribution in [-0.4, -0.2) is 30.2 Å². The van der Waals surface area contributed by atoms with E-state index in [0.717, 1.165) is 19.3 Å². The lowest BCUT2D eigenvalue weighted by Gasteiger charge is -2.28. The SMILES string of the molecule is CC1(C)CCCC1NCC(O)C(F)F. The molecule has 0 bridgehead atoms. The molecule has 0 heterocycles. The number of hydrogen-bond donors (Lipinski definition) is 2. The smallest absolute Gasteiger partial charge is 0.265 e. The Balaban J connectivity index is 2.31. The predicted octanol–water partition coefficient (Wildman–Crippen LogP) is 1.78. The summed E-state index contributed by atoms with van der Waals surface area (Å²) in [7, 11) is 0. The highest BCUT2D eigenvalue weighted by atomic mass is 19.3. The molecule has 0 spiro atoms. The zero-order chi connectivity index (χ0) is 10.8. The van der Waals surface area contributed by atoms with E-state index < -0.39 is 12.5 Å². The lowest BCUT2D eigenvalue weighted by molar-refractivity contribution is -0.00618. The van der Waals surface area contributed by atoms with Gasteiger partial charge >= 0.3 is 0 Å². The Labute approximate surface area is 83.7 Å². The second kappa shape index (κ2) is 4.53. The number of rotatable bonds is 4. The molecule has 0 aliphatic heterocycles. The summed E-state index contributed by atoms with van der Waals surface area (Å²) in [6, 6.07) is 0.260. The summed E-state index contributed by atoms with van der Waals surface area (Å²) in [6.07, 6.45) is -0.910. The minimum absolute atomic E-state index is 0.00817. The van der Waals surface area contributed by atoms with Gasteiger partial charge in [0.2, 0.25) is 0 Å². The van der Waals surface area contributed by atoms with Crippen molar-refractivity contribution < 1.29 is 13.9 Å². The van der Waals surface area contributed by atoms with Crippen LogP contribution in [0.1, 0.15) is 33.1 Å². The number of alkyl halides is 2. The van der Waals surface area contributed by atoms with Crippen LogP contribution >= 0.6 is 0 Å². The summed E-state index contributed by atoms with van der Waals surface area (Å²) in [5, 5.41) is 12.0. The molecule has 1 saturated carbocycles. The average molecular weight is 207 g/mol. The topological polar surface area (TPSA) is 32.3 Å². The predicted molar refractivity (Wildman–Crippen MR) is 51.4 cm³/mol. The number of aliphatic hydroxyl groups is 1. The van der Waals surface area contributed by atoms with Gasteiger partial charge in [-0.05, 0) is 18.3 Å². The standard InChI is InChI=1S/C10H19F2NO/c1-10(2)5-3-4-8(10)13-6-7(14)9(11)12/h7-9,13-14H,3-6H2,1-2H3. The first-order chi connectivity index (χ1) is 6.43. The molecule has 2 unspecified atom stereocenters. The minimum atomic E-state index is -2.65. The van der Waals surface area contributed by atoms with Gasteiger partial charge in [0.1, 0.15) is 6.10 Å². The first-order valence-electron chi connectivity index (χ1n) is 5.13. The molecule has 2 nitrogen and oxygen atoms in total. The molecule has 84 valence electrons. The van der Waals surface area contributed by atoms with E-state index in [9.17, 15) is 8.78 Å². The van der Waals surface area contributed by atoms with Crippen molar-refractivity contribution in [3.63, 3.8) is 0 Å². The first kappa shape index (κ1) is 11.9. The summed E-state index contributed by atoms with van der Waals surface area (Å²) < 4.78 is 24.0. The molecule has 1 aliphatic rings. The third-order valence-electron chi connectivity index (χ3n) is 3.12. The number of aliphatic hydroxyl groups excluding tert-OH is 1. The van der Waals surface area contributed by atoms with Crippen LogP contribution in [0, 0.1) is 5.41 Å². The highest BCUT2D eigenvalue weighted by Crippen LogP contribution is 2.37. The lowest BCUT2D eigenvalue weighted by Crippen LogP contribution is -2.43. The lowest BCUT2D eigenvalue weighted by atomic mass is 9.87.